The van der Waals surface area contributed by atoms with Gasteiger partial charge in [0, 0.05) is 17.7 Å². The molecule has 3 rings (SSSR count). The van der Waals surface area contributed by atoms with Crippen molar-refractivity contribution in [2.24, 2.45) is 0 Å². The molecule has 0 aromatic heterocycles. The molecule has 3 N–H and O–H groups in total. The maximum absolute atomic E-state index is 13.0. The number of anilines is 1. The lowest BCUT2D eigenvalue weighted by Gasteiger charge is -2.18. The molecule has 0 bridgehead atoms. The second-order valence-electron chi connectivity index (χ2n) is 6.33. The van der Waals surface area contributed by atoms with Gasteiger partial charge in [-0.25, -0.2) is 9.18 Å². The number of hydrogen-bond acceptors (Lipinski definition) is 5. The average Bonchev–Trinajstić information content (AvgIpc) is 3.04. The SMILES string of the molecule is O=C1NC(=O)[C@@H](CCC(=O)O[C@H](C(=O)Nc2ccc(F)cc2)c2ccccc2)N1. The lowest BCUT2D eigenvalue weighted by Crippen LogP contribution is -2.30. The number of benzene rings is 2. The second-order valence-corrected chi connectivity index (χ2v) is 6.33. The number of imide groups is 1. The van der Waals surface area contributed by atoms with Gasteiger partial charge in [-0.05, 0) is 30.7 Å². The first-order valence-corrected chi connectivity index (χ1v) is 8.84. The molecule has 150 valence electrons. The molecule has 0 spiro atoms. The van der Waals surface area contributed by atoms with E-state index in [9.17, 15) is 23.6 Å². The molecule has 1 aliphatic rings. The van der Waals surface area contributed by atoms with Gasteiger partial charge in [0.25, 0.3) is 11.8 Å². The monoisotopic (exact) mass is 399 g/mol. The molecule has 0 saturated carbocycles. The van der Waals surface area contributed by atoms with Gasteiger partial charge in [0.2, 0.25) is 6.10 Å². The highest BCUT2D eigenvalue weighted by atomic mass is 19.1. The van der Waals surface area contributed by atoms with Crippen LogP contribution in [0.4, 0.5) is 14.9 Å². The number of halogens is 1. The highest BCUT2D eigenvalue weighted by molar-refractivity contribution is 6.04. The van der Waals surface area contributed by atoms with E-state index in [4.69, 9.17) is 4.74 Å². The lowest BCUT2D eigenvalue weighted by molar-refractivity contribution is -0.155. The van der Waals surface area contributed by atoms with Crippen LogP contribution in [-0.2, 0) is 19.1 Å². The fourth-order valence-electron chi connectivity index (χ4n) is 2.76. The minimum Gasteiger partial charge on any atom is -0.447 e. The standard InChI is InChI=1S/C20H18FN3O5/c21-13-6-8-14(9-7-13)22-19(27)17(12-4-2-1-3-5-12)29-16(25)11-10-15-18(26)24-20(28)23-15/h1-9,15,17H,10-11H2,(H,22,27)(H2,23,24,26,28)/t15-,17+/m1/s1. The van der Waals surface area contributed by atoms with Crippen LogP contribution in [0.1, 0.15) is 24.5 Å². The molecular formula is C20H18FN3O5. The van der Waals surface area contributed by atoms with Crippen molar-refractivity contribution >= 4 is 29.5 Å². The molecule has 29 heavy (non-hydrogen) atoms. The Bertz CT molecular complexity index is 917. The zero-order chi connectivity index (χ0) is 20.8. The van der Waals surface area contributed by atoms with Crippen LogP contribution in [0, 0.1) is 5.82 Å². The molecule has 1 saturated heterocycles. The van der Waals surface area contributed by atoms with E-state index >= 15 is 0 Å². The molecule has 2 atom stereocenters. The number of carbonyl (C=O) groups is 4. The Morgan fingerprint density at radius 1 is 1.07 bits per heavy atom. The van der Waals surface area contributed by atoms with Crippen LogP contribution in [0.2, 0.25) is 0 Å². The molecule has 0 radical (unpaired) electrons. The van der Waals surface area contributed by atoms with Crippen LogP contribution in [0.3, 0.4) is 0 Å². The summed E-state index contributed by atoms with van der Waals surface area (Å²) in [4.78, 5) is 47.6. The van der Waals surface area contributed by atoms with Gasteiger partial charge < -0.3 is 15.4 Å². The molecule has 0 unspecified atom stereocenters. The van der Waals surface area contributed by atoms with E-state index in [1.54, 1.807) is 30.3 Å². The quantitative estimate of drug-likeness (QED) is 0.487. The van der Waals surface area contributed by atoms with E-state index in [1.165, 1.54) is 24.3 Å². The zero-order valence-electron chi connectivity index (χ0n) is 15.2. The third-order valence-electron chi connectivity index (χ3n) is 4.20. The van der Waals surface area contributed by atoms with E-state index in [2.05, 4.69) is 16.0 Å². The summed E-state index contributed by atoms with van der Waals surface area (Å²) >= 11 is 0. The first-order valence-electron chi connectivity index (χ1n) is 8.84. The average molecular weight is 399 g/mol. The molecular weight excluding hydrogens is 381 g/mol. The first kappa shape index (κ1) is 20.0. The van der Waals surface area contributed by atoms with E-state index in [0.717, 1.165) is 0 Å². The van der Waals surface area contributed by atoms with Crippen molar-refractivity contribution in [1.29, 1.82) is 0 Å². The van der Waals surface area contributed by atoms with Gasteiger partial charge in [-0.2, -0.15) is 0 Å². The predicted octanol–water partition coefficient (Wildman–Crippen LogP) is 2.04. The van der Waals surface area contributed by atoms with Crippen LogP contribution in [0.25, 0.3) is 0 Å². The van der Waals surface area contributed by atoms with E-state index in [0.29, 0.717) is 11.3 Å². The second kappa shape index (κ2) is 8.96. The first-order chi connectivity index (χ1) is 13.9. The molecule has 1 heterocycles. The number of rotatable bonds is 7. The van der Waals surface area contributed by atoms with Gasteiger partial charge in [0.1, 0.15) is 11.9 Å². The van der Waals surface area contributed by atoms with Crippen molar-refractivity contribution < 1.29 is 28.3 Å². The summed E-state index contributed by atoms with van der Waals surface area (Å²) in [5.74, 6) is -2.28. The number of ether oxygens (including phenoxy) is 1. The third kappa shape index (κ3) is 5.38. The Kier molecular flexibility index (Phi) is 6.18. The minimum atomic E-state index is -1.24. The molecule has 4 amide bonds. The maximum Gasteiger partial charge on any atom is 0.322 e. The predicted molar refractivity (Wildman–Crippen MR) is 100 cm³/mol. The minimum absolute atomic E-state index is 0.0392. The molecule has 1 aliphatic heterocycles. The fourth-order valence-corrected chi connectivity index (χ4v) is 2.76. The van der Waals surface area contributed by atoms with Crippen molar-refractivity contribution in [3.8, 4) is 0 Å². The lowest BCUT2D eigenvalue weighted by atomic mass is 10.1. The van der Waals surface area contributed by atoms with E-state index < -0.39 is 41.8 Å². The van der Waals surface area contributed by atoms with Crippen LogP contribution in [0.15, 0.2) is 54.6 Å². The number of hydrogen-bond donors (Lipinski definition) is 3. The number of urea groups is 1. The Balaban J connectivity index is 1.66. The summed E-state index contributed by atoms with van der Waals surface area (Å²) in [6, 6.07) is 12.1. The Labute approximate surface area is 165 Å². The Morgan fingerprint density at radius 3 is 2.38 bits per heavy atom. The summed E-state index contributed by atoms with van der Waals surface area (Å²) in [6.45, 7) is 0. The zero-order valence-corrected chi connectivity index (χ0v) is 15.2. The van der Waals surface area contributed by atoms with Crippen molar-refractivity contribution in [2.75, 3.05) is 5.32 Å². The van der Waals surface area contributed by atoms with Crippen molar-refractivity contribution in [3.05, 3.63) is 66.0 Å². The highest BCUT2D eigenvalue weighted by Gasteiger charge is 2.31. The highest BCUT2D eigenvalue weighted by Crippen LogP contribution is 2.21. The molecule has 2 aromatic rings. The summed E-state index contributed by atoms with van der Waals surface area (Å²) in [5, 5.41) is 7.04. The van der Waals surface area contributed by atoms with Gasteiger partial charge in [0.05, 0.1) is 0 Å². The summed E-state index contributed by atoms with van der Waals surface area (Å²) in [6.07, 6.45) is -1.37. The Morgan fingerprint density at radius 2 is 1.76 bits per heavy atom. The van der Waals surface area contributed by atoms with E-state index in [1.807, 2.05) is 0 Å². The van der Waals surface area contributed by atoms with Crippen LogP contribution >= 0.6 is 0 Å². The smallest absolute Gasteiger partial charge is 0.322 e. The summed E-state index contributed by atoms with van der Waals surface area (Å²) in [5.41, 5.74) is 0.797. The molecule has 8 nitrogen and oxygen atoms in total. The molecule has 2 aromatic carbocycles. The largest absolute Gasteiger partial charge is 0.447 e. The van der Waals surface area contributed by atoms with Gasteiger partial charge in [-0.3, -0.25) is 19.7 Å². The van der Waals surface area contributed by atoms with Crippen LogP contribution < -0.4 is 16.0 Å². The number of esters is 1. The van der Waals surface area contributed by atoms with E-state index in [-0.39, 0.29) is 12.8 Å². The van der Waals surface area contributed by atoms with Crippen molar-refractivity contribution in [3.63, 3.8) is 0 Å². The van der Waals surface area contributed by atoms with Gasteiger partial charge in [-0.1, -0.05) is 30.3 Å². The van der Waals surface area contributed by atoms with Gasteiger partial charge >= 0.3 is 12.0 Å². The maximum atomic E-state index is 13.0. The topological polar surface area (TPSA) is 114 Å². The fraction of sp³-hybridized carbons (Fsp3) is 0.200. The van der Waals surface area contributed by atoms with Crippen LogP contribution in [-0.4, -0.2) is 29.9 Å². The van der Waals surface area contributed by atoms with Crippen molar-refractivity contribution in [2.45, 2.75) is 25.0 Å². The van der Waals surface area contributed by atoms with Crippen molar-refractivity contribution in [1.82, 2.24) is 10.6 Å². The Hall–Kier alpha value is -3.75. The molecule has 9 heteroatoms. The normalized spacial score (nSPS) is 16.5. The third-order valence-corrected chi connectivity index (χ3v) is 4.20. The number of amides is 4. The van der Waals surface area contributed by atoms with Crippen LogP contribution in [0.5, 0.6) is 0 Å². The summed E-state index contributed by atoms with van der Waals surface area (Å²) in [7, 11) is 0. The number of carbonyl (C=O) groups excluding carboxylic acids is 4. The molecule has 1 fully saturated rings. The van der Waals surface area contributed by atoms with Gasteiger partial charge in [-0.15, -0.1) is 0 Å². The summed E-state index contributed by atoms with van der Waals surface area (Å²) < 4.78 is 18.4. The molecule has 0 aliphatic carbocycles. The van der Waals surface area contributed by atoms with Gasteiger partial charge in [0.15, 0.2) is 0 Å². The number of nitrogens with one attached hydrogen (secondary N) is 3.